The highest BCUT2D eigenvalue weighted by Crippen LogP contribution is 2.24. The lowest BCUT2D eigenvalue weighted by molar-refractivity contribution is -0.0594. The fraction of sp³-hybridized carbons (Fsp3) is 1.00. The molecule has 1 aliphatic heterocycles. The third-order valence-corrected chi connectivity index (χ3v) is 1.64. The van der Waals surface area contributed by atoms with E-state index in [1.54, 1.807) is 6.92 Å². The molecule has 1 heterocycles. The van der Waals surface area contributed by atoms with Gasteiger partial charge in [-0.3, -0.25) is 0 Å². The minimum absolute atomic E-state index is 0.683. The van der Waals surface area contributed by atoms with Gasteiger partial charge in [-0.15, -0.1) is 4.91 Å². The molecule has 1 atom stereocenters. The van der Waals surface area contributed by atoms with Crippen LogP contribution < -0.4 is 0 Å². The van der Waals surface area contributed by atoms with Gasteiger partial charge in [0.25, 0.3) is 0 Å². The molecule has 1 fully saturated rings. The van der Waals surface area contributed by atoms with Gasteiger partial charge < -0.3 is 4.74 Å². The Morgan fingerprint density at radius 3 is 2.67 bits per heavy atom. The number of ether oxygens (including phenoxy) is 1. The van der Waals surface area contributed by atoms with Crippen LogP contribution in [0.1, 0.15) is 26.2 Å². The fourth-order valence-electron chi connectivity index (χ4n) is 0.991. The molecule has 3 nitrogen and oxygen atoms in total. The van der Waals surface area contributed by atoms with Gasteiger partial charge in [0, 0.05) is 13.0 Å². The summed E-state index contributed by atoms with van der Waals surface area (Å²) in [5, 5.41) is 2.91. The second-order valence-electron chi connectivity index (χ2n) is 2.57. The van der Waals surface area contributed by atoms with Crippen LogP contribution in [0, 0.1) is 4.91 Å². The van der Waals surface area contributed by atoms with E-state index in [0.29, 0.717) is 6.61 Å². The van der Waals surface area contributed by atoms with Crippen molar-refractivity contribution in [2.45, 2.75) is 31.9 Å². The number of nitrogens with zero attached hydrogens (tertiary/aromatic N) is 1. The molecule has 0 aromatic rings. The summed E-state index contributed by atoms with van der Waals surface area (Å²) in [5.74, 6) is 0. The number of rotatable bonds is 1. The summed E-state index contributed by atoms with van der Waals surface area (Å²) in [5.41, 5.74) is -0.710. The first-order valence-electron chi connectivity index (χ1n) is 3.25. The highest BCUT2D eigenvalue weighted by molar-refractivity contribution is 4.74. The molecule has 1 aliphatic rings. The van der Waals surface area contributed by atoms with E-state index in [1.807, 2.05) is 0 Å². The van der Waals surface area contributed by atoms with Gasteiger partial charge in [-0.25, -0.2) is 0 Å². The number of hydrogen-bond acceptors (Lipinski definition) is 3. The molecule has 0 bridgehead atoms. The highest BCUT2D eigenvalue weighted by atomic mass is 16.5. The Balaban J connectivity index is 2.46. The fourth-order valence-corrected chi connectivity index (χ4v) is 0.991. The maximum absolute atomic E-state index is 10.1. The van der Waals surface area contributed by atoms with Crippen molar-refractivity contribution in [3.05, 3.63) is 4.91 Å². The lowest BCUT2D eigenvalue weighted by atomic mass is 10.1. The molecule has 0 saturated carbocycles. The number of nitroso groups, excluding NO2 is 1. The largest absolute Gasteiger partial charge is 0.351 e. The minimum atomic E-state index is -0.710. The summed E-state index contributed by atoms with van der Waals surface area (Å²) >= 11 is 0. The average molecular weight is 129 g/mol. The summed E-state index contributed by atoms with van der Waals surface area (Å²) in [6.45, 7) is 2.42. The van der Waals surface area contributed by atoms with Crippen LogP contribution in [0.5, 0.6) is 0 Å². The Hall–Kier alpha value is -0.440. The quantitative estimate of drug-likeness (QED) is 0.505. The van der Waals surface area contributed by atoms with Crippen molar-refractivity contribution in [2.24, 2.45) is 5.18 Å². The third-order valence-electron chi connectivity index (χ3n) is 1.64. The Kier molecular flexibility index (Phi) is 1.81. The molecule has 0 radical (unpaired) electrons. The van der Waals surface area contributed by atoms with Gasteiger partial charge in [0.2, 0.25) is 0 Å². The van der Waals surface area contributed by atoms with Crippen LogP contribution in [0.2, 0.25) is 0 Å². The van der Waals surface area contributed by atoms with Crippen molar-refractivity contribution in [2.75, 3.05) is 6.61 Å². The molecule has 0 aliphatic carbocycles. The summed E-state index contributed by atoms with van der Waals surface area (Å²) in [4.78, 5) is 10.1. The van der Waals surface area contributed by atoms with Gasteiger partial charge in [0.15, 0.2) is 5.72 Å². The Morgan fingerprint density at radius 2 is 2.33 bits per heavy atom. The van der Waals surface area contributed by atoms with Gasteiger partial charge in [-0.2, -0.15) is 0 Å². The molecule has 0 aromatic heterocycles. The second-order valence-corrected chi connectivity index (χ2v) is 2.57. The van der Waals surface area contributed by atoms with E-state index >= 15 is 0 Å². The predicted molar refractivity (Wildman–Crippen MR) is 34.0 cm³/mol. The van der Waals surface area contributed by atoms with Crippen LogP contribution in [0.15, 0.2) is 5.18 Å². The minimum Gasteiger partial charge on any atom is -0.351 e. The smallest absolute Gasteiger partial charge is 0.197 e. The molecule has 0 N–H and O–H groups in total. The van der Waals surface area contributed by atoms with Gasteiger partial charge in [-0.1, -0.05) is 0 Å². The van der Waals surface area contributed by atoms with E-state index in [2.05, 4.69) is 5.18 Å². The summed E-state index contributed by atoms with van der Waals surface area (Å²) in [7, 11) is 0. The molecule has 0 aromatic carbocycles. The Labute approximate surface area is 54.4 Å². The van der Waals surface area contributed by atoms with Crippen LogP contribution in [-0.4, -0.2) is 12.3 Å². The predicted octanol–water partition coefficient (Wildman–Crippen LogP) is 1.67. The molecule has 0 spiro atoms. The van der Waals surface area contributed by atoms with Crippen molar-refractivity contribution in [3.63, 3.8) is 0 Å². The first kappa shape index (κ1) is 6.68. The van der Waals surface area contributed by atoms with Crippen molar-refractivity contribution in [1.82, 2.24) is 0 Å². The summed E-state index contributed by atoms with van der Waals surface area (Å²) < 4.78 is 5.14. The summed E-state index contributed by atoms with van der Waals surface area (Å²) in [6.07, 6.45) is 2.89. The first-order valence-corrected chi connectivity index (χ1v) is 3.25. The lowest BCUT2D eigenvalue weighted by Gasteiger charge is -2.26. The molecular formula is C6H11NO2. The standard InChI is InChI=1S/C6H11NO2/c1-6(7-8)4-2-3-5-9-6/h2-5H2,1H3. The summed E-state index contributed by atoms with van der Waals surface area (Å²) in [6, 6.07) is 0. The van der Waals surface area contributed by atoms with E-state index < -0.39 is 5.72 Å². The van der Waals surface area contributed by atoms with E-state index in [-0.39, 0.29) is 0 Å². The maximum Gasteiger partial charge on any atom is 0.197 e. The highest BCUT2D eigenvalue weighted by Gasteiger charge is 2.28. The normalized spacial score (nSPS) is 36.1. The zero-order chi connectivity index (χ0) is 6.74. The molecule has 1 saturated heterocycles. The van der Waals surface area contributed by atoms with E-state index in [1.165, 1.54) is 0 Å². The second kappa shape index (κ2) is 2.43. The monoisotopic (exact) mass is 129 g/mol. The van der Waals surface area contributed by atoms with Crippen LogP contribution in [0.3, 0.4) is 0 Å². The average Bonchev–Trinajstić information content (AvgIpc) is 1.90. The molecule has 1 rings (SSSR count). The third kappa shape index (κ3) is 1.48. The van der Waals surface area contributed by atoms with Gasteiger partial charge >= 0.3 is 0 Å². The van der Waals surface area contributed by atoms with Gasteiger partial charge in [0.05, 0.1) is 0 Å². The maximum atomic E-state index is 10.1. The van der Waals surface area contributed by atoms with Crippen LogP contribution >= 0.6 is 0 Å². The van der Waals surface area contributed by atoms with E-state index in [4.69, 9.17) is 4.74 Å². The number of hydrogen-bond donors (Lipinski definition) is 0. The molecule has 1 unspecified atom stereocenters. The van der Waals surface area contributed by atoms with Crippen LogP contribution in [0.25, 0.3) is 0 Å². The van der Waals surface area contributed by atoms with Gasteiger partial charge in [0.1, 0.15) is 0 Å². The van der Waals surface area contributed by atoms with Crippen LogP contribution in [0.4, 0.5) is 0 Å². The SMILES string of the molecule is CC1(N=O)CCCCO1. The lowest BCUT2D eigenvalue weighted by Crippen LogP contribution is -2.29. The van der Waals surface area contributed by atoms with Crippen LogP contribution in [-0.2, 0) is 4.74 Å². The zero-order valence-electron chi connectivity index (χ0n) is 5.59. The molecule has 9 heavy (non-hydrogen) atoms. The molecular weight excluding hydrogens is 118 g/mol. The molecule has 52 valence electrons. The Morgan fingerprint density at radius 1 is 1.56 bits per heavy atom. The van der Waals surface area contributed by atoms with Crippen molar-refractivity contribution >= 4 is 0 Å². The van der Waals surface area contributed by atoms with Crippen molar-refractivity contribution < 1.29 is 4.74 Å². The van der Waals surface area contributed by atoms with Crippen molar-refractivity contribution in [3.8, 4) is 0 Å². The van der Waals surface area contributed by atoms with Crippen molar-refractivity contribution in [1.29, 1.82) is 0 Å². The van der Waals surface area contributed by atoms with E-state index in [9.17, 15) is 4.91 Å². The Bertz CT molecular complexity index is 108. The first-order chi connectivity index (χ1) is 4.27. The molecule has 0 amide bonds. The van der Waals surface area contributed by atoms with E-state index in [0.717, 1.165) is 19.3 Å². The molecule has 3 heteroatoms. The topological polar surface area (TPSA) is 38.7 Å². The van der Waals surface area contributed by atoms with Gasteiger partial charge in [-0.05, 0) is 24.9 Å². The zero-order valence-corrected chi connectivity index (χ0v) is 5.59.